The topological polar surface area (TPSA) is 26.3 Å². The first-order valence-electron chi connectivity index (χ1n) is 3.97. The standard InChI is InChI=1S/C10H11FO2/c1-7(6-12)8-3-4-10(13-2)9(11)5-8/h3-7H,1-2H3. The van der Waals surface area contributed by atoms with Crippen LogP contribution in [0.5, 0.6) is 5.75 Å². The molecule has 0 amide bonds. The molecule has 70 valence electrons. The average molecular weight is 182 g/mol. The molecule has 13 heavy (non-hydrogen) atoms. The van der Waals surface area contributed by atoms with Crippen LogP contribution in [0.1, 0.15) is 18.4 Å². The molecule has 1 rings (SSSR count). The number of benzene rings is 1. The Kier molecular flexibility index (Phi) is 3.01. The Hall–Kier alpha value is -1.38. The normalized spacial score (nSPS) is 12.2. The van der Waals surface area contributed by atoms with E-state index in [1.54, 1.807) is 13.0 Å². The second-order valence-corrected chi connectivity index (χ2v) is 2.82. The Bertz CT molecular complexity index is 310. The zero-order valence-electron chi connectivity index (χ0n) is 7.58. The second kappa shape index (κ2) is 4.03. The average Bonchev–Trinajstić information content (AvgIpc) is 2.16. The minimum atomic E-state index is -0.436. The van der Waals surface area contributed by atoms with Gasteiger partial charge < -0.3 is 9.53 Å². The van der Waals surface area contributed by atoms with Crippen molar-refractivity contribution in [2.45, 2.75) is 12.8 Å². The molecule has 0 N–H and O–H groups in total. The summed E-state index contributed by atoms with van der Waals surface area (Å²) < 4.78 is 17.9. The zero-order valence-corrected chi connectivity index (χ0v) is 7.58. The van der Waals surface area contributed by atoms with Crippen molar-refractivity contribution in [1.82, 2.24) is 0 Å². The molecule has 1 atom stereocenters. The summed E-state index contributed by atoms with van der Waals surface area (Å²) in [7, 11) is 1.40. The summed E-state index contributed by atoms with van der Waals surface area (Å²) in [5.74, 6) is -0.518. The van der Waals surface area contributed by atoms with E-state index in [0.717, 1.165) is 6.29 Å². The third-order valence-corrected chi connectivity index (χ3v) is 1.91. The number of aldehydes is 1. The molecule has 0 aliphatic carbocycles. The van der Waals surface area contributed by atoms with Crippen molar-refractivity contribution in [3.63, 3.8) is 0 Å². The van der Waals surface area contributed by atoms with Gasteiger partial charge in [0, 0.05) is 5.92 Å². The number of ether oxygens (including phenoxy) is 1. The Labute approximate surface area is 76.3 Å². The van der Waals surface area contributed by atoms with E-state index in [0.29, 0.717) is 5.56 Å². The molecule has 0 aliphatic heterocycles. The SMILES string of the molecule is COc1ccc(C(C)C=O)cc1F. The number of carbonyl (C=O) groups is 1. The fraction of sp³-hybridized carbons (Fsp3) is 0.300. The van der Waals surface area contributed by atoms with Crippen LogP contribution in [0.25, 0.3) is 0 Å². The van der Waals surface area contributed by atoms with Crippen LogP contribution in [0.2, 0.25) is 0 Å². The maximum atomic E-state index is 13.1. The minimum absolute atomic E-state index is 0.196. The van der Waals surface area contributed by atoms with Crippen molar-refractivity contribution in [3.8, 4) is 5.75 Å². The molecule has 0 spiro atoms. The van der Waals surface area contributed by atoms with Gasteiger partial charge in [-0.2, -0.15) is 0 Å². The first kappa shape index (κ1) is 9.71. The van der Waals surface area contributed by atoms with E-state index in [-0.39, 0.29) is 11.7 Å². The fourth-order valence-corrected chi connectivity index (χ4v) is 1.04. The molecular weight excluding hydrogens is 171 g/mol. The lowest BCUT2D eigenvalue weighted by atomic mass is 10.0. The van der Waals surface area contributed by atoms with Crippen molar-refractivity contribution in [2.24, 2.45) is 0 Å². The Morgan fingerprint density at radius 1 is 1.54 bits per heavy atom. The largest absolute Gasteiger partial charge is 0.494 e. The van der Waals surface area contributed by atoms with Crippen LogP contribution >= 0.6 is 0 Å². The fourth-order valence-electron chi connectivity index (χ4n) is 1.04. The summed E-state index contributed by atoms with van der Waals surface area (Å²) in [6, 6.07) is 4.52. The van der Waals surface area contributed by atoms with Gasteiger partial charge in [0.2, 0.25) is 0 Å². The van der Waals surface area contributed by atoms with E-state index in [1.165, 1.54) is 19.2 Å². The van der Waals surface area contributed by atoms with Crippen LogP contribution in [0, 0.1) is 5.82 Å². The molecule has 0 aromatic heterocycles. The third-order valence-electron chi connectivity index (χ3n) is 1.91. The summed E-state index contributed by atoms with van der Waals surface area (Å²) >= 11 is 0. The smallest absolute Gasteiger partial charge is 0.165 e. The van der Waals surface area contributed by atoms with E-state index in [2.05, 4.69) is 0 Å². The number of carbonyl (C=O) groups excluding carboxylic acids is 1. The molecule has 0 heterocycles. The van der Waals surface area contributed by atoms with Gasteiger partial charge in [-0.3, -0.25) is 0 Å². The van der Waals surface area contributed by atoms with Crippen LogP contribution in [-0.4, -0.2) is 13.4 Å². The maximum Gasteiger partial charge on any atom is 0.165 e. The van der Waals surface area contributed by atoms with Crippen LogP contribution in [0.4, 0.5) is 4.39 Å². The zero-order chi connectivity index (χ0) is 9.84. The predicted molar refractivity (Wildman–Crippen MR) is 47.4 cm³/mol. The lowest BCUT2D eigenvalue weighted by Crippen LogP contribution is -1.96. The molecule has 2 nitrogen and oxygen atoms in total. The lowest BCUT2D eigenvalue weighted by molar-refractivity contribution is -0.108. The van der Waals surface area contributed by atoms with Crippen molar-refractivity contribution in [3.05, 3.63) is 29.6 Å². The predicted octanol–water partition coefficient (Wildman–Crippen LogP) is 2.14. The van der Waals surface area contributed by atoms with Gasteiger partial charge in [-0.1, -0.05) is 13.0 Å². The first-order chi connectivity index (χ1) is 6.19. The molecule has 0 radical (unpaired) electrons. The molecule has 0 saturated carbocycles. The highest BCUT2D eigenvalue weighted by Gasteiger charge is 2.07. The van der Waals surface area contributed by atoms with Crippen molar-refractivity contribution in [2.75, 3.05) is 7.11 Å². The molecular formula is C10H11FO2. The highest BCUT2D eigenvalue weighted by Crippen LogP contribution is 2.21. The summed E-state index contributed by atoms with van der Waals surface area (Å²) in [4.78, 5) is 10.4. The van der Waals surface area contributed by atoms with Gasteiger partial charge in [-0.25, -0.2) is 4.39 Å². The monoisotopic (exact) mass is 182 g/mol. The minimum Gasteiger partial charge on any atom is -0.494 e. The third kappa shape index (κ3) is 2.05. The van der Waals surface area contributed by atoms with Gasteiger partial charge in [-0.05, 0) is 17.7 Å². The van der Waals surface area contributed by atoms with Crippen molar-refractivity contribution in [1.29, 1.82) is 0 Å². The molecule has 0 aliphatic rings. The Morgan fingerprint density at radius 2 is 2.23 bits per heavy atom. The van der Waals surface area contributed by atoms with Gasteiger partial charge in [0.25, 0.3) is 0 Å². The van der Waals surface area contributed by atoms with Crippen LogP contribution in [-0.2, 0) is 4.79 Å². The van der Waals surface area contributed by atoms with E-state index in [1.807, 2.05) is 0 Å². The van der Waals surface area contributed by atoms with E-state index in [4.69, 9.17) is 4.74 Å². The molecule has 1 aromatic rings. The van der Waals surface area contributed by atoms with E-state index in [9.17, 15) is 9.18 Å². The quantitative estimate of drug-likeness (QED) is 0.669. The molecule has 1 aromatic carbocycles. The number of hydrogen-bond acceptors (Lipinski definition) is 2. The van der Waals surface area contributed by atoms with Crippen LogP contribution in [0.3, 0.4) is 0 Å². The molecule has 0 bridgehead atoms. The van der Waals surface area contributed by atoms with E-state index >= 15 is 0 Å². The number of hydrogen-bond donors (Lipinski definition) is 0. The number of rotatable bonds is 3. The van der Waals surface area contributed by atoms with Gasteiger partial charge in [0.1, 0.15) is 6.29 Å². The molecule has 0 fully saturated rings. The van der Waals surface area contributed by atoms with Gasteiger partial charge in [-0.15, -0.1) is 0 Å². The van der Waals surface area contributed by atoms with Crippen LogP contribution in [0.15, 0.2) is 18.2 Å². The van der Waals surface area contributed by atoms with Gasteiger partial charge in [0.15, 0.2) is 11.6 Å². The van der Waals surface area contributed by atoms with Crippen molar-refractivity contribution < 1.29 is 13.9 Å². The van der Waals surface area contributed by atoms with Crippen LogP contribution < -0.4 is 4.74 Å². The summed E-state index contributed by atoms with van der Waals surface area (Å²) in [6.07, 6.45) is 0.779. The summed E-state index contributed by atoms with van der Waals surface area (Å²) in [5.41, 5.74) is 0.660. The second-order valence-electron chi connectivity index (χ2n) is 2.82. The number of halogens is 1. The Balaban J connectivity index is 3.02. The Morgan fingerprint density at radius 3 is 2.69 bits per heavy atom. The number of methoxy groups -OCH3 is 1. The molecule has 1 unspecified atom stereocenters. The first-order valence-corrected chi connectivity index (χ1v) is 3.97. The highest BCUT2D eigenvalue weighted by molar-refractivity contribution is 5.61. The van der Waals surface area contributed by atoms with E-state index < -0.39 is 5.82 Å². The highest BCUT2D eigenvalue weighted by atomic mass is 19.1. The van der Waals surface area contributed by atoms with Crippen molar-refractivity contribution >= 4 is 6.29 Å². The van der Waals surface area contributed by atoms with Gasteiger partial charge in [0.05, 0.1) is 7.11 Å². The summed E-state index contributed by atoms with van der Waals surface area (Å²) in [6.45, 7) is 1.72. The molecule has 3 heteroatoms. The maximum absolute atomic E-state index is 13.1. The van der Waals surface area contributed by atoms with Gasteiger partial charge >= 0.3 is 0 Å². The summed E-state index contributed by atoms with van der Waals surface area (Å²) in [5, 5.41) is 0. The molecule has 0 saturated heterocycles. The lowest BCUT2D eigenvalue weighted by Gasteiger charge is -2.06.